The van der Waals surface area contributed by atoms with E-state index in [9.17, 15) is 13.5 Å². The van der Waals surface area contributed by atoms with Crippen molar-refractivity contribution in [1.82, 2.24) is 0 Å². The molecular formula is C16H12ClN4NaO4S. The van der Waals surface area contributed by atoms with E-state index in [-0.39, 0.29) is 56.7 Å². The van der Waals surface area contributed by atoms with Crippen molar-refractivity contribution in [2.24, 2.45) is 10.2 Å². The molecular weight excluding hydrogens is 403 g/mol. The Morgan fingerprint density at radius 1 is 1.04 bits per heavy atom. The molecule has 0 aromatic heterocycles. The minimum absolute atomic E-state index is 0. The number of nitrogens with two attached hydrogens (primary N) is 2. The van der Waals surface area contributed by atoms with Crippen molar-refractivity contribution in [3.63, 3.8) is 0 Å². The van der Waals surface area contributed by atoms with Crippen molar-refractivity contribution < 1.29 is 47.6 Å². The predicted octanol–water partition coefficient (Wildman–Crippen LogP) is 0.397. The van der Waals surface area contributed by atoms with E-state index in [0.29, 0.717) is 11.4 Å². The summed E-state index contributed by atoms with van der Waals surface area (Å²) in [5.74, 6) is -0.667. The van der Waals surface area contributed by atoms with Crippen LogP contribution in [0.2, 0.25) is 5.02 Å². The van der Waals surface area contributed by atoms with Crippen LogP contribution in [0.25, 0.3) is 10.8 Å². The molecule has 0 aliphatic rings. The van der Waals surface area contributed by atoms with Gasteiger partial charge in [-0.3, -0.25) is 4.55 Å². The van der Waals surface area contributed by atoms with E-state index in [4.69, 9.17) is 27.6 Å². The number of halogens is 1. The van der Waals surface area contributed by atoms with E-state index in [2.05, 4.69) is 10.2 Å². The maximum atomic E-state index is 12.4. The zero-order valence-electron chi connectivity index (χ0n) is 14.0. The van der Waals surface area contributed by atoms with Crippen LogP contribution in [-0.4, -0.2) is 13.0 Å². The number of fused-ring (bicyclic) bond motifs is 1. The molecule has 0 spiro atoms. The van der Waals surface area contributed by atoms with E-state index < -0.39 is 20.8 Å². The van der Waals surface area contributed by atoms with Crippen LogP contribution in [0.4, 0.5) is 22.7 Å². The quantitative estimate of drug-likeness (QED) is 0.244. The summed E-state index contributed by atoms with van der Waals surface area (Å²) in [5, 5.41) is 21.0. The van der Waals surface area contributed by atoms with Gasteiger partial charge in [-0.05, 0) is 41.8 Å². The summed E-state index contributed by atoms with van der Waals surface area (Å²) >= 11 is 6.03. The molecule has 0 saturated heterocycles. The Balaban J connectivity index is 0.00000261. The van der Waals surface area contributed by atoms with Crippen LogP contribution in [0.3, 0.4) is 0 Å². The molecule has 8 nitrogen and oxygen atoms in total. The van der Waals surface area contributed by atoms with Gasteiger partial charge in [0.1, 0.15) is 11.4 Å². The zero-order valence-corrected chi connectivity index (χ0v) is 17.6. The summed E-state index contributed by atoms with van der Waals surface area (Å²) in [6, 6.07) is 9.50. The Labute approximate surface area is 181 Å². The molecule has 134 valence electrons. The molecule has 0 bridgehead atoms. The maximum absolute atomic E-state index is 12.4. The van der Waals surface area contributed by atoms with Crippen molar-refractivity contribution in [3.8, 4) is 5.75 Å². The average Bonchev–Trinajstić information content (AvgIpc) is 2.54. The van der Waals surface area contributed by atoms with Gasteiger partial charge in [-0.15, -0.1) is 10.2 Å². The number of benzene rings is 3. The molecule has 0 fully saturated rings. The van der Waals surface area contributed by atoms with Gasteiger partial charge in [0, 0.05) is 11.1 Å². The Hall–Kier alpha value is -1.88. The number of nitrogens with zero attached hydrogens (tertiary/aromatic N) is 2. The third kappa shape index (κ3) is 4.52. The molecule has 0 unspecified atom stereocenters. The minimum atomic E-state index is -4.52. The first kappa shape index (κ1) is 21.4. The topological polar surface area (TPSA) is 154 Å². The Bertz CT molecular complexity index is 1170. The molecule has 5 N–H and O–H groups in total. The number of anilines is 2. The summed E-state index contributed by atoms with van der Waals surface area (Å²) in [7, 11) is -4.52. The minimum Gasteiger partial charge on any atom is -0.872 e. The summed E-state index contributed by atoms with van der Waals surface area (Å²) in [6.45, 7) is 0. The van der Waals surface area contributed by atoms with E-state index in [1.807, 2.05) is 0 Å². The molecule has 3 aromatic rings. The molecule has 0 aliphatic heterocycles. The molecule has 3 aromatic carbocycles. The van der Waals surface area contributed by atoms with Gasteiger partial charge < -0.3 is 16.6 Å². The molecule has 0 saturated carbocycles. The standard InChI is InChI=1S/C16H13ClN4O4S.Na/c17-11-6-9(18)2-4-13(11)20-21-16-12(19)3-1-8-5-10(26(23,24)25)7-14(22)15(8)16;/h1-7,22H,18-19H2,(H,23,24,25);/q;+1/p-1. The molecule has 0 aliphatic carbocycles. The smallest absolute Gasteiger partial charge is 0.872 e. The van der Waals surface area contributed by atoms with Crippen LogP contribution in [0.1, 0.15) is 0 Å². The number of hydrogen-bond acceptors (Lipinski definition) is 7. The molecule has 0 heterocycles. The normalized spacial score (nSPS) is 11.6. The largest absolute Gasteiger partial charge is 1.00 e. The van der Waals surface area contributed by atoms with Crippen molar-refractivity contribution in [1.29, 1.82) is 0 Å². The molecule has 0 atom stereocenters. The Kier molecular flexibility index (Phi) is 6.35. The first-order valence-corrected chi connectivity index (χ1v) is 8.96. The van der Waals surface area contributed by atoms with Gasteiger partial charge in [0.05, 0.1) is 15.6 Å². The van der Waals surface area contributed by atoms with E-state index in [0.717, 1.165) is 12.1 Å². The number of azo groups is 1. The van der Waals surface area contributed by atoms with Crippen LogP contribution in [0.5, 0.6) is 5.75 Å². The van der Waals surface area contributed by atoms with Crippen LogP contribution in [0.15, 0.2) is 57.6 Å². The number of rotatable bonds is 3. The van der Waals surface area contributed by atoms with Gasteiger partial charge in [0.15, 0.2) is 0 Å². The SMILES string of the molecule is Nc1ccc(N=Nc2c(N)ccc3cc(S(=O)(=O)O)cc([O-])c23)c(Cl)c1.[Na+]. The molecule has 27 heavy (non-hydrogen) atoms. The second-order valence-corrected chi connectivity index (χ2v) is 7.24. The Morgan fingerprint density at radius 3 is 2.37 bits per heavy atom. The number of nitrogen functional groups attached to an aromatic ring is 2. The second kappa shape index (κ2) is 8.01. The summed E-state index contributed by atoms with van der Waals surface area (Å²) in [4.78, 5) is -0.510. The number of hydrogen-bond donors (Lipinski definition) is 3. The molecule has 3 rings (SSSR count). The van der Waals surface area contributed by atoms with E-state index in [1.54, 1.807) is 12.1 Å². The van der Waals surface area contributed by atoms with Crippen LogP contribution >= 0.6 is 11.6 Å². The third-order valence-electron chi connectivity index (χ3n) is 3.59. The molecule has 0 radical (unpaired) electrons. The first-order valence-electron chi connectivity index (χ1n) is 7.14. The van der Waals surface area contributed by atoms with Gasteiger partial charge >= 0.3 is 29.6 Å². The van der Waals surface area contributed by atoms with Crippen molar-refractivity contribution in [3.05, 3.63) is 47.5 Å². The molecule has 0 amide bonds. The summed E-state index contributed by atoms with van der Waals surface area (Å²) in [5.41, 5.74) is 12.5. The van der Waals surface area contributed by atoms with Gasteiger partial charge in [-0.25, -0.2) is 0 Å². The van der Waals surface area contributed by atoms with Crippen molar-refractivity contribution in [2.75, 3.05) is 11.5 Å². The van der Waals surface area contributed by atoms with Crippen molar-refractivity contribution >= 4 is 55.2 Å². The summed E-state index contributed by atoms with van der Waals surface area (Å²) < 4.78 is 31.7. The van der Waals surface area contributed by atoms with E-state index in [1.165, 1.54) is 18.2 Å². The molecule has 11 heteroatoms. The summed E-state index contributed by atoms with van der Waals surface area (Å²) in [6.07, 6.45) is 0. The average molecular weight is 415 g/mol. The predicted molar refractivity (Wildman–Crippen MR) is 97.7 cm³/mol. The fraction of sp³-hybridized carbons (Fsp3) is 0. The van der Waals surface area contributed by atoms with Gasteiger partial charge in [-0.2, -0.15) is 8.42 Å². The van der Waals surface area contributed by atoms with Crippen LogP contribution in [-0.2, 0) is 10.1 Å². The third-order valence-corrected chi connectivity index (χ3v) is 4.72. The zero-order chi connectivity index (χ0) is 19.1. The second-order valence-electron chi connectivity index (χ2n) is 5.41. The maximum Gasteiger partial charge on any atom is 1.00 e. The van der Waals surface area contributed by atoms with E-state index >= 15 is 0 Å². The van der Waals surface area contributed by atoms with Crippen LogP contribution in [0, 0.1) is 0 Å². The first-order chi connectivity index (χ1) is 12.2. The monoisotopic (exact) mass is 414 g/mol. The van der Waals surface area contributed by atoms with Gasteiger partial charge in [0.2, 0.25) is 0 Å². The van der Waals surface area contributed by atoms with Gasteiger partial charge in [0.25, 0.3) is 10.1 Å². The fourth-order valence-corrected chi connectivity index (χ4v) is 3.12. The fourth-order valence-electron chi connectivity index (χ4n) is 2.36. The van der Waals surface area contributed by atoms with Gasteiger partial charge in [-0.1, -0.05) is 23.4 Å². The van der Waals surface area contributed by atoms with Crippen molar-refractivity contribution in [2.45, 2.75) is 4.90 Å². The Morgan fingerprint density at radius 2 is 1.74 bits per heavy atom. The van der Waals surface area contributed by atoms with Crippen LogP contribution < -0.4 is 46.1 Å².